The van der Waals surface area contributed by atoms with Crippen LogP contribution in [0.25, 0.3) is 79.3 Å². The lowest BCUT2D eigenvalue weighted by Crippen LogP contribution is -2.12. The van der Waals surface area contributed by atoms with Crippen molar-refractivity contribution in [3.63, 3.8) is 0 Å². The SMILES string of the molecule is CCCCCCc1cc(-c2cc3c4nn(CC(CC)CCCC)nc4c4cc(-c5ccc6c(c5)c5ccccc5n6CC(CC)CCCC)sc4c3s2)sc1/C=C(/C#N)C(=O)O. The molecule has 0 aliphatic heterocycles. The first-order valence-electron chi connectivity index (χ1n) is 23.0. The largest absolute Gasteiger partial charge is 0.477 e. The summed E-state index contributed by atoms with van der Waals surface area (Å²) in [6.45, 7) is 13.2. The molecule has 3 aromatic carbocycles. The Balaban J connectivity index is 1.27. The molecule has 0 amide bonds. The van der Waals surface area contributed by atoms with E-state index in [1.807, 2.05) is 22.2 Å². The van der Waals surface area contributed by atoms with Crippen molar-refractivity contribution in [1.82, 2.24) is 19.6 Å². The van der Waals surface area contributed by atoms with Crippen molar-refractivity contribution in [3.05, 3.63) is 76.7 Å². The Morgan fingerprint density at radius 1 is 0.710 bits per heavy atom. The lowest BCUT2D eigenvalue weighted by Gasteiger charge is -2.17. The number of aliphatic carboxylic acids is 1. The summed E-state index contributed by atoms with van der Waals surface area (Å²) in [6.07, 6.45) is 16.5. The molecule has 10 heteroatoms. The van der Waals surface area contributed by atoms with Crippen LogP contribution in [0.5, 0.6) is 0 Å². The number of nitriles is 1. The van der Waals surface area contributed by atoms with Gasteiger partial charge in [-0.05, 0) is 91.1 Å². The van der Waals surface area contributed by atoms with Gasteiger partial charge in [0, 0.05) is 58.6 Å². The summed E-state index contributed by atoms with van der Waals surface area (Å²) in [6, 6.07) is 24.7. The molecule has 0 aliphatic carbocycles. The molecule has 0 saturated heterocycles. The van der Waals surface area contributed by atoms with E-state index in [4.69, 9.17) is 10.2 Å². The molecule has 0 bridgehead atoms. The predicted octanol–water partition coefficient (Wildman–Crippen LogP) is 15.9. The molecular weight excluding hydrogens is 823 g/mol. The van der Waals surface area contributed by atoms with Crippen molar-refractivity contribution in [2.24, 2.45) is 11.8 Å². The minimum absolute atomic E-state index is 0.236. The van der Waals surface area contributed by atoms with Crippen LogP contribution in [0.15, 0.2) is 66.2 Å². The van der Waals surface area contributed by atoms with Crippen LogP contribution in [-0.2, 0) is 24.3 Å². The van der Waals surface area contributed by atoms with Crippen molar-refractivity contribution >= 4 is 99.1 Å². The van der Waals surface area contributed by atoms with Gasteiger partial charge in [-0.1, -0.05) is 117 Å². The van der Waals surface area contributed by atoms with E-state index in [0.717, 1.165) is 87.2 Å². The average molecular weight is 882 g/mol. The molecular formula is C52H59N5O2S3. The maximum absolute atomic E-state index is 11.9. The van der Waals surface area contributed by atoms with Crippen LogP contribution in [0.2, 0.25) is 0 Å². The Morgan fingerprint density at radius 2 is 1.34 bits per heavy atom. The number of carboxylic acids is 1. The summed E-state index contributed by atoms with van der Waals surface area (Å²) in [4.78, 5) is 18.2. The number of hydrogen-bond acceptors (Lipinski definition) is 7. The van der Waals surface area contributed by atoms with E-state index in [2.05, 4.69) is 99.8 Å². The topological polar surface area (TPSA) is 96.7 Å². The van der Waals surface area contributed by atoms with E-state index >= 15 is 0 Å². The van der Waals surface area contributed by atoms with Gasteiger partial charge in [-0.25, -0.2) is 4.79 Å². The number of nitrogens with zero attached hydrogens (tertiary/aromatic N) is 5. The van der Waals surface area contributed by atoms with Crippen LogP contribution in [0, 0.1) is 23.2 Å². The molecule has 5 heterocycles. The zero-order valence-corrected chi connectivity index (χ0v) is 39.4. The van der Waals surface area contributed by atoms with Crippen LogP contribution in [-0.4, -0.2) is 30.6 Å². The van der Waals surface area contributed by atoms with Crippen LogP contribution < -0.4 is 0 Å². The second-order valence-corrected chi connectivity index (χ2v) is 20.3. The highest BCUT2D eigenvalue weighted by atomic mass is 32.1. The van der Waals surface area contributed by atoms with Gasteiger partial charge in [0.25, 0.3) is 0 Å². The van der Waals surface area contributed by atoms with Crippen molar-refractivity contribution < 1.29 is 9.90 Å². The predicted molar refractivity (Wildman–Crippen MR) is 266 cm³/mol. The van der Waals surface area contributed by atoms with Gasteiger partial charge in [-0.3, -0.25) is 0 Å². The molecule has 0 radical (unpaired) electrons. The molecule has 5 aromatic heterocycles. The standard InChI is InChI=1S/C52H59N5O2S3/c1-6-11-14-15-20-35-26-46(60-44(35)27-37(30-53)52(58)59)47-29-41-49-48(54-57(55-49)32-34(10-5)19-13-8-3)40-28-45(61-50(40)51(41)62-47)36-23-24-43-39(25-36)38-21-16-17-22-42(38)56(43)31-33(9-4)18-12-7-2/h16-17,21-29,33-34H,6-15,18-20,31-32H2,1-5H3,(H,58,59)/b37-27-. The average Bonchev–Trinajstić information content (AvgIpc) is 4.13. The first-order valence-corrected chi connectivity index (χ1v) is 25.5. The van der Waals surface area contributed by atoms with Gasteiger partial charge in [-0.15, -0.1) is 34.0 Å². The molecule has 8 rings (SSSR count). The molecule has 0 fully saturated rings. The minimum Gasteiger partial charge on any atom is -0.477 e. The van der Waals surface area contributed by atoms with Gasteiger partial charge >= 0.3 is 5.97 Å². The number of carboxylic acid groups (broad SMARTS) is 1. The zero-order valence-electron chi connectivity index (χ0n) is 36.9. The summed E-state index contributed by atoms with van der Waals surface area (Å²) >= 11 is 5.21. The van der Waals surface area contributed by atoms with E-state index in [9.17, 15) is 15.2 Å². The van der Waals surface area contributed by atoms with Crippen LogP contribution in [0.3, 0.4) is 0 Å². The second-order valence-electron chi connectivity index (χ2n) is 17.1. The van der Waals surface area contributed by atoms with Gasteiger partial charge in [0.05, 0.1) is 15.9 Å². The van der Waals surface area contributed by atoms with Crippen LogP contribution in [0.1, 0.15) is 122 Å². The fourth-order valence-corrected chi connectivity index (χ4v) is 12.9. The highest BCUT2D eigenvalue weighted by Crippen LogP contribution is 2.49. The summed E-state index contributed by atoms with van der Waals surface area (Å²) in [5.41, 5.74) is 6.58. The minimum atomic E-state index is -1.19. The van der Waals surface area contributed by atoms with E-state index in [0.29, 0.717) is 11.8 Å². The number of hydrogen-bond donors (Lipinski definition) is 1. The summed E-state index contributed by atoms with van der Waals surface area (Å²) in [7, 11) is 0. The monoisotopic (exact) mass is 881 g/mol. The van der Waals surface area contributed by atoms with Gasteiger partial charge in [-0.2, -0.15) is 20.3 Å². The molecule has 62 heavy (non-hydrogen) atoms. The smallest absolute Gasteiger partial charge is 0.346 e. The molecule has 0 saturated carbocycles. The molecule has 0 aliphatic rings. The number of carbonyl (C=O) groups is 1. The Kier molecular flexibility index (Phi) is 13.9. The fourth-order valence-electron chi connectivity index (χ4n) is 9.15. The number of aryl methyl sites for hydroxylation is 1. The fraction of sp³-hybridized carbons (Fsp3) is 0.423. The number of para-hydroxylation sites is 1. The summed E-state index contributed by atoms with van der Waals surface area (Å²) in [5.74, 6) is -0.0248. The molecule has 7 nitrogen and oxygen atoms in total. The second kappa shape index (κ2) is 19.7. The lowest BCUT2D eigenvalue weighted by molar-refractivity contribution is -0.132. The number of fused-ring (bicyclic) bond motifs is 9. The summed E-state index contributed by atoms with van der Waals surface area (Å²) in [5, 5.41) is 34.8. The third kappa shape index (κ3) is 8.86. The Morgan fingerprint density at radius 3 is 2.00 bits per heavy atom. The third-order valence-corrected chi connectivity index (χ3v) is 16.7. The van der Waals surface area contributed by atoms with Gasteiger partial charge in [0.2, 0.25) is 0 Å². The van der Waals surface area contributed by atoms with Gasteiger partial charge < -0.3 is 9.67 Å². The maximum atomic E-state index is 11.9. The van der Waals surface area contributed by atoms with Gasteiger partial charge in [0.15, 0.2) is 0 Å². The molecule has 322 valence electrons. The normalized spacial score (nSPS) is 13.3. The molecule has 8 aromatic rings. The molecule has 2 atom stereocenters. The third-order valence-electron chi connectivity index (χ3n) is 12.9. The van der Waals surface area contributed by atoms with Crippen molar-refractivity contribution in [1.29, 1.82) is 5.26 Å². The number of aromatic nitrogens is 4. The Bertz CT molecular complexity index is 2930. The zero-order chi connectivity index (χ0) is 43.3. The van der Waals surface area contributed by atoms with Crippen LogP contribution >= 0.6 is 34.0 Å². The van der Waals surface area contributed by atoms with Crippen molar-refractivity contribution in [2.45, 2.75) is 131 Å². The van der Waals surface area contributed by atoms with Gasteiger partial charge in [0.1, 0.15) is 22.7 Å². The molecule has 1 N–H and O–H groups in total. The molecule has 2 unspecified atom stereocenters. The Labute approximate surface area is 377 Å². The number of thiophene rings is 3. The number of unbranched alkanes of at least 4 members (excludes halogenated alkanes) is 5. The Hall–Kier alpha value is -4.82. The van der Waals surface area contributed by atoms with Crippen molar-refractivity contribution in [2.75, 3.05) is 0 Å². The van der Waals surface area contributed by atoms with Crippen LogP contribution in [0.4, 0.5) is 0 Å². The van der Waals surface area contributed by atoms with Crippen molar-refractivity contribution in [3.8, 4) is 26.3 Å². The van der Waals surface area contributed by atoms with E-state index in [1.54, 1.807) is 28.7 Å². The highest BCUT2D eigenvalue weighted by Gasteiger charge is 2.23. The van der Waals surface area contributed by atoms with E-state index in [1.165, 1.54) is 93.0 Å². The first kappa shape index (κ1) is 43.8. The van der Waals surface area contributed by atoms with E-state index < -0.39 is 5.97 Å². The lowest BCUT2D eigenvalue weighted by atomic mass is 9.99. The van der Waals surface area contributed by atoms with E-state index in [-0.39, 0.29) is 5.57 Å². The maximum Gasteiger partial charge on any atom is 0.346 e. The molecule has 0 spiro atoms. The highest BCUT2D eigenvalue weighted by molar-refractivity contribution is 7.31. The number of benzene rings is 3. The first-order chi connectivity index (χ1) is 30.3. The summed E-state index contributed by atoms with van der Waals surface area (Å²) < 4.78 is 5.00. The quantitative estimate of drug-likeness (QED) is 0.0440. The number of rotatable bonds is 21.